The van der Waals surface area contributed by atoms with Gasteiger partial charge in [0.15, 0.2) is 0 Å². The summed E-state index contributed by atoms with van der Waals surface area (Å²) in [6, 6.07) is 0. The van der Waals surface area contributed by atoms with Crippen molar-refractivity contribution < 1.29 is 0 Å². The summed E-state index contributed by atoms with van der Waals surface area (Å²) in [6.45, 7) is 11.5. The third-order valence-corrected chi connectivity index (χ3v) is 6.14. The fourth-order valence-corrected chi connectivity index (χ4v) is 5.44. The molecule has 15 heavy (non-hydrogen) atoms. The van der Waals surface area contributed by atoms with E-state index in [1.54, 1.807) is 0 Å². The Morgan fingerprint density at radius 1 is 1.27 bits per heavy atom. The van der Waals surface area contributed by atoms with Crippen molar-refractivity contribution in [2.24, 2.45) is 35.0 Å². The Morgan fingerprint density at radius 3 is 2.67 bits per heavy atom. The number of allylic oxidation sites excluding steroid dienone is 1. The molecule has 0 radical (unpaired) electrons. The van der Waals surface area contributed by atoms with E-state index in [1.165, 1.54) is 31.3 Å². The summed E-state index contributed by atoms with van der Waals surface area (Å²) in [4.78, 5) is 0. The van der Waals surface area contributed by atoms with E-state index in [9.17, 15) is 0 Å². The average Bonchev–Trinajstić information content (AvgIpc) is 2.62. The smallest absolute Gasteiger partial charge is 0.0172 e. The molecule has 0 heterocycles. The zero-order valence-electron chi connectivity index (χ0n) is 10.4. The van der Waals surface area contributed by atoms with Crippen LogP contribution in [0.15, 0.2) is 12.2 Å². The van der Waals surface area contributed by atoms with Gasteiger partial charge in [-0.15, -0.1) is 0 Å². The van der Waals surface area contributed by atoms with Crippen molar-refractivity contribution in [3.63, 3.8) is 0 Å². The van der Waals surface area contributed by atoms with Gasteiger partial charge in [0.25, 0.3) is 0 Å². The molecule has 0 spiro atoms. The van der Waals surface area contributed by atoms with Crippen LogP contribution in [0.2, 0.25) is 0 Å². The van der Waals surface area contributed by atoms with Crippen molar-refractivity contribution in [1.82, 2.24) is 0 Å². The zero-order chi connectivity index (χ0) is 10.8. The molecule has 3 rings (SSSR count). The molecule has 0 aromatic carbocycles. The molecule has 3 aliphatic rings. The van der Waals surface area contributed by atoms with Crippen molar-refractivity contribution in [1.29, 1.82) is 0 Å². The second-order valence-electron chi connectivity index (χ2n) is 6.76. The molecule has 0 nitrogen and oxygen atoms in total. The van der Waals surface area contributed by atoms with Gasteiger partial charge < -0.3 is 0 Å². The van der Waals surface area contributed by atoms with Gasteiger partial charge in [0.2, 0.25) is 0 Å². The maximum absolute atomic E-state index is 4.23. The normalized spacial score (nSPS) is 57.1. The van der Waals surface area contributed by atoms with Gasteiger partial charge in [-0.1, -0.05) is 32.4 Å². The number of hydrogen-bond acceptors (Lipinski definition) is 0. The third kappa shape index (κ3) is 1.04. The molecule has 3 fully saturated rings. The fourth-order valence-electron chi connectivity index (χ4n) is 5.44. The van der Waals surface area contributed by atoms with Crippen LogP contribution in [0.4, 0.5) is 0 Å². The number of rotatable bonds is 1. The lowest BCUT2D eigenvalue weighted by molar-refractivity contribution is -0.0940. The van der Waals surface area contributed by atoms with Crippen molar-refractivity contribution in [2.75, 3.05) is 0 Å². The fraction of sp³-hybridized carbons (Fsp3) is 0.867. The molecule has 0 heteroatoms. The van der Waals surface area contributed by atoms with Crippen LogP contribution in [0.5, 0.6) is 0 Å². The average molecular weight is 204 g/mol. The summed E-state index contributed by atoms with van der Waals surface area (Å²) in [7, 11) is 0. The highest BCUT2D eigenvalue weighted by atomic mass is 14.7. The molecule has 6 unspecified atom stereocenters. The summed E-state index contributed by atoms with van der Waals surface area (Å²) in [5.74, 6) is 4.98. The number of hydrogen-bond donors (Lipinski definition) is 0. The summed E-state index contributed by atoms with van der Waals surface area (Å²) < 4.78 is 0. The molecule has 3 aliphatic carbocycles. The molecule has 0 bridgehead atoms. The van der Waals surface area contributed by atoms with Crippen molar-refractivity contribution in [3.05, 3.63) is 12.2 Å². The Hall–Kier alpha value is -0.260. The van der Waals surface area contributed by atoms with Gasteiger partial charge in [-0.3, -0.25) is 0 Å². The van der Waals surface area contributed by atoms with E-state index in [4.69, 9.17) is 0 Å². The Morgan fingerprint density at radius 2 is 2.00 bits per heavy atom. The van der Waals surface area contributed by atoms with Crippen LogP contribution in [-0.4, -0.2) is 0 Å². The molecule has 0 aromatic heterocycles. The first-order chi connectivity index (χ1) is 7.05. The maximum atomic E-state index is 4.23. The minimum absolute atomic E-state index is 0.707. The predicted octanol–water partition coefficient (Wildman–Crippen LogP) is 4.27. The van der Waals surface area contributed by atoms with Crippen molar-refractivity contribution in [2.45, 2.75) is 46.5 Å². The summed E-state index contributed by atoms with van der Waals surface area (Å²) in [6.07, 6.45) is 5.91. The van der Waals surface area contributed by atoms with Crippen LogP contribution in [0.1, 0.15) is 46.5 Å². The third-order valence-electron chi connectivity index (χ3n) is 6.14. The van der Waals surface area contributed by atoms with Gasteiger partial charge in [0.1, 0.15) is 0 Å². The van der Waals surface area contributed by atoms with Gasteiger partial charge in [-0.25, -0.2) is 0 Å². The molecule has 0 amide bonds. The molecule has 0 N–H and O–H groups in total. The Balaban J connectivity index is 1.91. The van der Waals surface area contributed by atoms with Crippen LogP contribution in [0.3, 0.4) is 0 Å². The minimum Gasteiger partial charge on any atom is -0.0998 e. The van der Waals surface area contributed by atoms with Crippen LogP contribution in [-0.2, 0) is 0 Å². The summed E-state index contributed by atoms with van der Waals surface area (Å²) in [5.41, 5.74) is 2.17. The summed E-state index contributed by atoms with van der Waals surface area (Å²) >= 11 is 0. The molecule has 0 aliphatic heterocycles. The molecule has 0 saturated heterocycles. The van der Waals surface area contributed by atoms with Crippen LogP contribution >= 0.6 is 0 Å². The second-order valence-corrected chi connectivity index (χ2v) is 6.76. The lowest BCUT2D eigenvalue weighted by atomic mass is 9.47. The van der Waals surface area contributed by atoms with Gasteiger partial charge >= 0.3 is 0 Å². The summed E-state index contributed by atoms with van der Waals surface area (Å²) in [5, 5.41) is 0. The van der Waals surface area contributed by atoms with Gasteiger partial charge in [0.05, 0.1) is 0 Å². The molecule has 3 saturated carbocycles. The zero-order valence-corrected chi connectivity index (χ0v) is 10.4. The predicted molar refractivity (Wildman–Crippen MR) is 64.5 cm³/mol. The van der Waals surface area contributed by atoms with E-state index < -0.39 is 0 Å². The van der Waals surface area contributed by atoms with Crippen molar-refractivity contribution in [3.8, 4) is 0 Å². The maximum Gasteiger partial charge on any atom is -0.0172 e. The molecular formula is C15H24. The lowest BCUT2D eigenvalue weighted by Crippen LogP contribution is -2.53. The Labute approximate surface area is 94.1 Å². The Kier molecular flexibility index (Phi) is 1.92. The second kappa shape index (κ2) is 2.90. The van der Waals surface area contributed by atoms with Gasteiger partial charge in [0, 0.05) is 0 Å². The largest absolute Gasteiger partial charge is 0.0998 e. The standard InChI is InChI=1S/C15H24/c1-9(2)11-7-8-15(4)12-6-5-10(3)13(12)14(11)15/h10-14H,1,5-8H2,2-4H3. The van der Waals surface area contributed by atoms with E-state index in [2.05, 4.69) is 27.4 Å². The molecule has 84 valence electrons. The number of fused-ring (bicyclic) bond motifs is 4. The van der Waals surface area contributed by atoms with Gasteiger partial charge in [-0.2, -0.15) is 0 Å². The van der Waals surface area contributed by atoms with E-state index in [1.807, 2.05) is 0 Å². The van der Waals surface area contributed by atoms with Gasteiger partial charge in [-0.05, 0) is 61.2 Å². The minimum atomic E-state index is 0.707. The topological polar surface area (TPSA) is 0 Å². The first-order valence-corrected chi connectivity index (χ1v) is 6.71. The first-order valence-electron chi connectivity index (χ1n) is 6.71. The van der Waals surface area contributed by atoms with E-state index in [0.29, 0.717) is 5.41 Å². The highest BCUT2D eigenvalue weighted by Crippen LogP contribution is 2.73. The Bertz CT molecular complexity index is 303. The monoisotopic (exact) mass is 204 g/mol. The van der Waals surface area contributed by atoms with Crippen LogP contribution in [0.25, 0.3) is 0 Å². The molecular weight excluding hydrogens is 180 g/mol. The molecule has 6 atom stereocenters. The SMILES string of the molecule is C=C(C)C1CCC2(C)C3CCC(C)C3C12. The van der Waals surface area contributed by atoms with E-state index >= 15 is 0 Å². The van der Waals surface area contributed by atoms with Crippen LogP contribution < -0.4 is 0 Å². The van der Waals surface area contributed by atoms with E-state index in [0.717, 1.165) is 29.6 Å². The highest BCUT2D eigenvalue weighted by Gasteiger charge is 2.66. The van der Waals surface area contributed by atoms with Crippen LogP contribution in [0, 0.1) is 35.0 Å². The highest BCUT2D eigenvalue weighted by molar-refractivity contribution is 5.20. The molecule has 0 aromatic rings. The first kappa shape index (κ1) is 9.93. The quantitative estimate of drug-likeness (QED) is 0.559. The lowest BCUT2D eigenvalue weighted by Gasteiger charge is -2.57. The van der Waals surface area contributed by atoms with E-state index in [-0.39, 0.29) is 0 Å². The van der Waals surface area contributed by atoms with Crippen molar-refractivity contribution >= 4 is 0 Å².